The maximum Gasteiger partial charge on any atom is 0.182 e. The van der Waals surface area contributed by atoms with E-state index >= 15 is 0 Å². The lowest BCUT2D eigenvalue weighted by molar-refractivity contribution is -0.0658. The van der Waals surface area contributed by atoms with Crippen molar-refractivity contribution in [3.8, 4) is 28.8 Å². The summed E-state index contributed by atoms with van der Waals surface area (Å²) in [4.78, 5) is 4.20. The number of aromatic nitrogens is 2. The lowest BCUT2D eigenvalue weighted by Crippen LogP contribution is -2.48. The van der Waals surface area contributed by atoms with Gasteiger partial charge in [-0.05, 0) is 82.1 Å². The van der Waals surface area contributed by atoms with Crippen molar-refractivity contribution in [1.29, 1.82) is 5.26 Å². The first-order valence-corrected chi connectivity index (χ1v) is 13.9. The van der Waals surface area contributed by atoms with Crippen LogP contribution in [0, 0.1) is 35.5 Å². The molecule has 0 amide bonds. The van der Waals surface area contributed by atoms with Gasteiger partial charge in [-0.3, -0.25) is 0 Å². The Bertz CT molecular complexity index is 1380. The molecule has 0 aliphatic heterocycles. The number of hydrogen-bond donors (Lipinski definition) is 0. The van der Waals surface area contributed by atoms with Crippen LogP contribution in [0.4, 0.5) is 0 Å². The molecule has 3 aliphatic rings. The fraction of sp³-hybridized carbons (Fsp3) is 0.469. The molecule has 6 nitrogen and oxygen atoms in total. The Kier molecular flexibility index (Phi) is 6.47. The molecule has 3 aromatic rings. The molecule has 6 rings (SSSR count). The van der Waals surface area contributed by atoms with E-state index in [4.69, 9.17) is 14.0 Å². The second-order valence-electron chi connectivity index (χ2n) is 11.8. The predicted octanol–water partition coefficient (Wildman–Crippen LogP) is 7.48. The number of hydrogen-bond acceptors (Lipinski definition) is 6. The lowest BCUT2D eigenvalue weighted by atomic mass is 9.48. The number of benzene rings is 1. The van der Waals surface area contributed by atoms with E-state index in [-0.39, 0.29) is 6.10 Å². The molecule has 3 aliphatic carbocycles. The molecular formula is C32H35N3O3. The highest BCUT2D eigenvalue weighted by Crippen LogP contribution is 2.61. The number of allylic oxidation sites excluding steroid dienone is 1. The average Bonchev–Trinajstić information content (AvgIpc) is 3.61. The van der Waals surface area contributed by atoms with Crippen LogP contribution < -0.4 is 9.47 Å². The topological polar surface area (TPSA) is 81.2 Å². The summed E-state index contributed by atoms with van der Waals surface area (Å²) in [5, 5.41) is 13.8. The van der Waals surface area contributed by atoms with Crippen LogP contribution in [-0.4, -0.2) is 22.9 Å². The fourth-order valence-electron chi connectivity index (χ4n) is 6.33. The van der Waals surface area contributed by atoms with Crippen molar-refractivity contribution in [2.24, 2.45) is 17.3 Å². The van der Waals surface area contributed by atoms with Crippen LogP contribution in [0.3, 0.4) is 0 Å². The van der Waals surface area contributed by atoms with Crippen LogP contribution in [0.1, 0.15) is 80.9 Å². The first-order chi connectivity index (χ1) is 18.4. The highest BCUT2D eigenvalue weighted by Gasteiger charge is 2.52. The van der Waals surface area contributed by atoms with Crippen LogP contribution in [0.2, 0.25) is 0 Å². The highest BCUT2D eigenvalue weighted by molar-refractivity contribution is 5.75. The van der Waals surface area contributed by atoms with Gasteiger partial charge in [0.25, 0.3) is 0 Å². The molecule has 38 heavy (non-hydrogen) atoms. The van der Waals surface area contributed by atoms with Crippen molar-refractivity contribution in [2.75, 3.05) is 6.61 Å². The van der Waals surface area contributed by atoms with E-state index in [0.717, 1.165) is 17.0 Å². The normalized spacial score (nSPS) is 24.3. The second kappa shape index (κ2) is 9.94. The Morgan fingerprint density at radius 1 is 1.18 bits per heavy atom. The third-order valence-electron chi connectivity index (χ3n) is 8.25. The van der Waals surface area contributed by atoms with E-state index in [0.29, 0.717) is 47.0 Å². The summed E-state index contributed by atoms with van der Waals surface area (Å²) < 4.78 is 17.6. The van der Waals surface area contributed by atoms with Crippen LogP contribution in [0.5, 0.6) is 11.5 Å². The molecular weight excluding hydrogens is 474 g/mol. The first kappa shape index (κ1) is 24.7. The van der Waals surface area contributed by atoms with Crippen LogP contribution in [0.25, 0.3) is 17.3 Å². The maximum atomic E-state index is 9.26. The van der Waals surface area contributed by atoms with Gasteiger partial charge in [-0.25, -0.2) is 4.98 Å². The lowest BCUT2D eigenvalue weighted by Gasteiger charge is -2.57. The summed E-state index contributed by atoms with van der Waals surface area (Å²) in [6.45, 7) is 6.69. The SMILES string of the molecule is Cc1ccccc1-c1noc(C2CC2)c1/C=C/C1CC2(C1)CC(COc1cnc(C#N)c(OC(C)C)c1)C2. The zero-order valence-corrected chi connectivity index (χ0v) is 22.4. The standard InChI is InChI=1S/C32H35N3O3/c1-20(2)37-29-12-25(18-34-28(29)17-33)36-19-23-15-32(16-23)13-22(14-32)8-11-27-30(26-7-5-4-6-21(26)3)35-38-31(27)24-9-10-24/h4-8,11-12,18,20,22-24H,9-10,13-16,19H2,1-3H3/b11-8+. The van der Waals surface area contributed by atoms with Gasteiger partial charge in [-0.15, -0.1) is 0 Å². The van der Waals surface area contributed by atoms with Gasteiger partial charge in [0.15, 0.2) is 11.4 Å². The van der Waals surface area contributed by atoms with Crippen LogP contribution in [-0.2, 0) is 0 Å². The molecule has 0 N–H and O–H groups in total. The highest BCUT2D eigenvalue weighted by atomic mass is 16.5. The predicted molar refractivity (Wildman–Crippen MR) is 146 cm³/mol. The quantitative estimate of drug-likeness (QED) is 0.297. The van der Waals surface area contributed by atoms with Gasteiger partial charge in [-0.2, -0.15) is 5.26 Å². The molecule has 6 heteroatoms. The smallest absolute Gasteiger partial charge is 0.182 e. The molecule has 2 aromatic heterocycles. The van der Waals surface area contributed by atoms with Gasteiger partial charge in [0.2, 0.25) is 0 Å². The Morgan fingerprint density at radius 2 is 1.97 bits per heavy atom. The van der Waals surface area contributed by atoms with Gasteiger partial charge in [0.1, 0.15) is 23.3 Å². The average molecular weight is 510 g/mol. The number of pyridine rings is 1. The number of nitrogens with zero attached hydrogens (tertiary/aromatic N) is 3. The van der Waals surface area contributed by atoms with Crippen molar-refractivity contribution in [3.63, 3.8) is 0 Å². The number of aryl methyl sites for hydroxylation is 1. The first-order valence-electron chi connectivity index (χ1n) is 13.9. The van der Waals surface area contributed by atoms with Crippen molar-refractivity contribution in [3.05, 3.63) is 65.2 Å². The monoisotopic (exact) mass is 509 g/mol. The van der Waals surface area contributed by atoms with Crippen LogP contribution >= 0.6 is 0 Å². The van der Waals surface area contributed by atoms with E-state index in [2.05, 4.69) is 59.6 Å². The van der Waals surface area contributed by atoms with E-state index in [1.54, 1.807) is 12.3 Å². The van der Waals surface area contributed by atoms with Gasteiger partial charge < -0.3 is 14.0 Å². The second-order valence-corrected chi connectivity index (χ2v) is 11.8. The molecule has 1 spiro atoms. The van der Waals surface area contributed by atoms with Gasteiger partial charge in [0, 0.05) is 23.1 Å². The molecule has 196 valence electrons. The van der Waals surface area contributed by atoms with Crippen molar-refractivity contribution < 1.29 is 14.0 Å². The number of ether oxygens (including phenoxy) is 2. The van der Waals surface area contributed by atoms with E-state index < -0.39 is 0 Å². The fourth-order valence-corrected chi connectivity index (χ4v) is 6.33. The molecule has 0 unspecified atom stereocenters. The zero-order chi connectivity index (χ0) is 26.3. The van der Waals surface area contributed by atoms with Gasteiger partial charge in [-0.1, -0.05) is 41.6 Å². The Labute approximate surface area is 224 Å². The minimum Gasteiger partial charge on any atom is -0.492 e. The maximum absolute atomic E-state index is 9.26. The van der Waals surface area contributed by atoms with E-state index in [1.165, 1.54) is 49.7 Å². The van der Waals surface area contributed by atoms with Crippen molar-refractivity contribution in [1.82, 2.24) is 10.1 Å². The Hall–Kier alpha value is -3.59. The largest absolute Gasteiger partial charge is 0.492 e. The summed E-state index contributed by atoms with van der Waals surface area (Å²) in [6.07, 6.45) is 13.6. The van der Waals surface area contributed by atoms with Crippen molar-refractivity contribution in [2.45, 2.75) is 71.3 Å². The van der Waals surface area contributed by atoms with E-state index in [9.17, 15) is 5.26 Å². The number of rotatable bonds is 9. The summed E-state index contributed by atoms with van der Waals surface area (Å²) in [5.41, 5.74) is 5.32. The molecule has 1 aromatic carbocycles. The molecule has 0 bridgehead atoms. The molecule has 3 saturated carbocycles. The number of nitriles is 1. The molecule has 0 saturated heterocycles. The minimum atomic E-state index is -0.0228. The zero-order valence-electron chi connectivity index (χ0n) is 22.4. The molecule has 0 radical (unpaired) electrons. The van der Waals surface area contributed by atoms with Gasteiger partial charge in [0.05, 0.1) is 18.9 Å². The summed E-state index contributed by atoms with van der Waals surface area (Å²) >= 11 is 0. The third kappa shape index (κ3) is 4.95. The van der Waals surface area contributed by atoms with Crippen molar-refractivity contribution >= 4 is 6.08 Å². The summed E-state index contributed by atoms with van der Waals surface area (Å²) in [6, 6.07) is 12.3. The summed E-state index contributed by atoms with van der Waals surface area (Å²) in [7, 11) is 0. The van der Waals surface area contributed by atoms with E-state index in [1.807, 2.05) is 13.8 Å². The van der Waals surface area contributed by atoms with Gasteiger partial charge >= 0.3 is 0 Å². The summed E-state index contributed by atoms with van der Waals surface area (Å²) in [5.74, 6) is 3.92. The Morgan fingerprint density at radius 3 is 2.68 bits per heavy atom. The van der Waals surface area contributed by atoms with Crippen LogP contribution in [0.15, 0.2) is 47.1 Å². The molecule has 2 heterocycles. The third-order valence-corrected chi connectivity index (χ3v) is 8.25. The molecule has 0 atom stereocenters. The minimum absolute atomic E-state index is 0.0228. The Balaban J connectivity index is 1.03. The molecule has 3 fully saturated rings.